The predicted molar refractivity (Wildman–Crippen MR) is 75.6 cm³/mol. The minimum absolute atomic E-state index is 0.123. The number of piperidine rings is 1. The Balaban J connectivity index is 1.74. The largest absolute Gasteiger partial charge is 0.481 e. The molecular formula is C14H25N3O3. The predicted octanol–water partition coefficient (Wildman–Crippen LogP) is 0.977. The molecule has 1 unspecified atom stereocenters. The molecule has 20 heavy (non-hydrogen) atoms. The molecule has 2 aliphatic rings. The molecule has 0 aliphatic carbocycles. The Labute approximate surface area is 120 Å². The second-order valence-electron chi connectivity index (χ2n) is 5.90. The second-order valence-corrected chi connectivity index (χ2v) is 5.90. The van der Waals surface area contributed by atoms with E-state index in [-0.39, 0.29) is 6.03 Å². The molecule has 0 aromatic rings. The van der Waals surface area contributed by atoms with Crippen LogP contribution < -0.4 is 5.32 Å². The van der Waals surface area contributed by atoms with Crippen LogP contribution in [0.5, 0.6) is 0 Å². The smallest absolute Gasteiger partial charge is 0.317 e. The van der Waals surface area contributed by atoms with Gasteiger partial charge in [0.2, 0.25) is 0 Å². The van der Waals surface area contributed by atoms with Crippen molar-refractivity contribution in [2.24, 2.45) is 5.92 Å². The Morgan fingerprint density at radius 1 is 1.25 bits per heavy atom. The number of likely N-dealkylation sites (tertiary alicyclic amines) is 2. The molecule has 2 heterocycles. The standard InChI is InChI=1S/C14H25N3O3/c1-11(16-6-2-3-7-16)9-15-14(20)17-8-4-5-12(10-17)13(18)19/h11-12H,2-10H2,1H3,(H,15,20)(H,18,19)/t11?,12-/m1/s1. The van der Waals surface area contributed by atoms with Gasteiger partial charge in [0.15, 0.2) is 0 Å². The maximum Gasteiger partial charge on any atom is 0.317 e. The Morgan fingerprint density at radius 3 is 2.60 bits per heavy atom. The number of rotatable bonds is 4. The van der Waals surface area contributed by atoms with E-state index in [9.17, 15) is 9.59 Å². The second kappa shape index (κ2) is 6.92. The molecular weight excluding hydrogens is 258 g/mol. The van der Waals surface area contributed by atoms with Gasteiger partial charge in [0, 0.05) is 25.7 Å². The molecule has 0 radical (unpaired) electrons. The first-order chi connectivity index (χ1) is 9.58. The highest BCUT2D eigenvalue weighted by Crippen LogP contribution is 2.16. The maximum atomic E-state index is 12.1. The third-order valence-electron chi connectivity index (χ3n) is 4.37. The van der Waals surface area contributed by atoms with Crippen LogP contribution in [-0.4, -0.2) is 65.7 Å². The van der Waals surface area contributed by atoms with Gasteiger partial charge < -0.3 is 15.3 Å². The lowest BCUT2D eigenvalue weighted by Gasteiger charge is -2.32. The summed E-state index contributed by atoms with van der Waals surface area (Å²) in [5.41, 5.74) is 0. The van der Waals surface area contributed by atoms with Gasteiger partial charge in [0.1, 0.15) is 0 Å². The summed E-state index contributed by atoms with van der Waals surface area (Å²) in [7, 11) is 0. The van der Waals surface area contributed by atoms with E-state index in [1.54, 1.807) is 4.90 Å². The average molecular weight is 283 g/mol. The zero-order valence-corrected chi connectivity index (χ0v) is 12.2. The minimum Gasteiger partial charge on any atom is -0.481 e. The summed E-state index contributed by atoms with van der Waals surface area (Å²) in [4.78, 5) is 27.1. The summed E-state index contributed by atoms with van der Waals surface area (Å²) in [6, 6.07) is 0.225. The van der Waals surface area contributed by atoms with Crippen molar-refractivity contribution in [3.63, 3.8) is 0 Å². The third-order valence-corrected chi connectivity index (χ3v) is 4.37. The van der Waals surface area contributed by atoms with Crippen molar-refractivity contribution in [2.45, 2.75) is 38.6 Å². The molecule has 0 spiro atoms. The summed E-state index contributed by atoms with van der Waals surface area (Å²) in [5.74, 6) is -1.21. The van der Waals surface area contributed by atoms with E-state index in [2.05, 4.69) is 17.1 Å². The van der Waals surface area contributed by atoms with Crippen LogP contribution in [-0.2, 0) is 4.79 Å². The van der Waals surface area contributed by atoms with Crippen molar-refractivity contribution < 1.29 is 14.7 Å². The molecule has 114 valence electrons. The fourth-order valence-corrected chi connectivity index (χ4v) is 3.02. The number of hydrogen-bond donors (Lipinski definition) is 2. The molecule has 2 atom stereocenters. The van der Waals surface area contributed by atoms with Gasteiger partial charge in [-0.2, -0.15) is 0 Å². The van der Waals surface area contributed by atoms with Crippen LogP contribution in [0.3, 0.4) is 0 Å². The van der Waals surface area contributed by atoms with Gasteiger partial charge >= 0.3 is 12.0 Å². The summed E-state index contributed by atoms with van der Waals surface area (Å²) in [6.45, 7) is 5.98. The fraction of sp³-hybridized carbons (Fsp3) is 0.857. The average Bonchev–Trinajstić information content (AvgIpc) is 2.98. The van der Waals surface area contributed by atoms with Gasteiger partial charge in [-0.25, -0.2) is 4.79 Å². The monoisotopic (exact) mass is 283 g/mol. The van der Waals surface area contributed by atoms with E-state index in [1.165, 1.54) is 12.8 Å². The Bertz CT molecular complexity index is 356. The zero-order valence-electron chi connectivity index (χ0n) is 12.2. The molecule has 2 fully saturated rings. The minimum atomic E-state index is -0.798. The lowest BCUT2D eigenvalue weighted by atomic mass is 9.99. The van der Waals surface area contributed by atoms with Crippen molar-refractivity contribution in [3.8, 4) is 0 Å². The fourth-order valence-electron chi connectivity index (χ4n) is 3.02. The molecule has 2 aliphatic heterocycles. The third kappa shape index (κ3) is 3.85. The first-order valence-corrected chi connectivity index (χ1v) is 7.57. The summed E-state index contributed by atoms with van der Waals surface area (Å²) < 4.78 is 0. The number of aliphatic carboxylic acids is 1. The van der Waals surface area contributed by atoms with Crippen LogP contribution in [0.15, 0.2) is 0 Å². The van der Waals surface area contributed by atoms with Crippen molar-refractivity contribution in [3.05, 3.63) is 0 Å². The highest BCUT2D eigenvalue weighted by molar-refractivity contribution is 5.76. The first-order valence-electron chi connectivity index (χ1n) is 7.57. The van der Waals surface area contributed by atoms with Gasteiger partial charge in [0.25, 0.3) is 0 Å². The summed E-state index contributed by atoms with van der Waals surface area (Å²) >= 11 is 0. The summed E-state index contributed by atoms with van der Waals surface area (Å²) in [5, 5.41) is 12.0. The van der Waals surface area contributed by atoms with Crippen molar-refractivity contribution in [2.75, 3.05) is 32.7 Å². The molecule has 0 bridgehead atoms. The van der Waals surface area contributed by atoms with Crippen LogP contribution >= 0.6 is 0 Å². The van der Waals surface area contributed by atoms with Crippen LogP contribution in [0.4, 0.5) is 4.79 Å². The summed E-state index contributed by atoms with van der Waals surface area (Å²) in [6.07, 6.45) is 3.92. The van der Waals surface area contributed by atoms with E-state index in [1.807, 2.05) is 0 Å². The van der Waals surface area contributed by atoms with Crippen LogP contribution in [0.1, 0.15) is 32.6 Å². The van der Waals surface area contributed by atoms with E-state index >= 15 is 0 Å². The van der Waals surface area contributed by atoms with E-state index < -0.39 is 11.9 Å². The molecule has 6 nitrogen and oxygen atoms in total. The van der Waals surface area contributed by atoms with Crippen molar-refractivity contribution in [1.29, 1.82) is 0 Å². The van der Waals surface area contributed by atoms with Gasteiger partial charge in [-0.3, -0.25) is 9.69 Å². The van der Waals surface area contributed by atoms with Crippen LogP contribution in [0.2, 0.25) is 0 Å². The molecule has 2 saturated heterocycles. The number of nitrogens with zero attached hydrogens (tertiary/aromatic N) is 2. The molecule has 6 heteroatoms. The maximum absolute atomic E-state index is 12.1. The van der Waals surface area contributed by atoms with Gasteiger partial charge in [-0.05, 0) is 45.7 Å². The number of carboxylic acid groups (broad SMARTS) is 1. The Hall–Kier alpha value is -1.30. The number of carbonyl (C=O) groups is 2. The highest BCUT2D eigenvalue weighted by atomic mass is 16.4. The quantitative estimate of drug-likeness (QED) is 0.806. The lowest BCUT2D eigenvalue weighted by Crippen LogP contribution is -2.49. The highest BCUT2D eigenvalue weighted by Gasteiger charge is 2.28. The first kappa shape index (κ1) is 15.1. The number of amides is 2. The van der Waals surface area contributed by atoms with Crippen molar-refractivity contribution >= 4 is 12.0 Å². The number of nitrogens with one attached hydrogen (secondary N) is 1. The van der Waals surface area contributed by atoms with Gasteiger partial charge in [0.05, 0.1) is 5.92 Å². The van der Waals surface area contributed by atoms with Gasteiger partial charge in [-0.1, -0.05) is 0 Å². The molecule has 2 N–H and O–H groups in total. The van der Waals surface area contributed by atoms with Crippen molar-refractivity contribution in [1.82, 2.24) is 15.1 Å². The number of hydrogen-bond acceptors (Lipinski definition) is 3. The van der Waals surface area contributed by atoms with E-state index in [0.29, 0.717) is 32.1 Å². The number of carbonyl (C=O) groups excluding carboxylic acids is 1. The number of carboxylic acids is 1. The van der Waals surface area contributed by atoms with E-state index in [4.69, 9.17) is 5.11 Å². The van der Waals surface area contributed by atoms with Crippen LogP contribution in [0.25, 0.3) is 0 Å². The topological polar surface area (TPSA) is 72.9 Å². The SMILES string of the molecule is CC(CNC(=O)N1CCC[C@@H](C(=O)O)C1)N1CCCC1. The Morgan fingerprint density at radius 2 is 1.95 bits per heavy atom. The Kier molecular flexibility index (Phi) is 5.23. The molecule has 0 aromatic carbocycles. The zero-order chi connectivity index (χ0) is 14.5. The lowest BCUT2D eigenvalue weighted by molar-refractivity contribution is -0.143. The normalized spacial score (nSPS) is 25.4. The van der Waals surface area contributed by atoms with Gasteiger partial charge in [-0.15, -0.1) is 0 Å². The van der Waals surface area contributed by atoms with Crippen LogP contribution in [0, 0.1) is 5.92 Å². The molecule has 0 saturated carbocycles. The molecule has 2 rings (SSSR count). The molecule has 2 amide bonds. The number of urea groups is 1. The van der Waals surface area contributed by atoms with E-state index in [0.717, 1.165) is 19.5 Å². The molecule has 0 aromatic heterocycles.